The van der Waals surface area contributed by atoms with Gasteiger partial charge in [0.1, 0.15) is 12.1 Å². The smallest absolute Gasteiger partial charge is 0.243 e. The van der Waals surface area contributed by atoms with Crippen LogP contribution in [0, 0.1) is 16.5 Å². The van der Waals surface area contributed by atoms with Crippen LogP contribution in [0.5, 0.6) is 0 Å². The molecule has 2 unspecified atom stereocenters. The Balaban J connectivity index is 1.45. The monoisotopic (exact) mass is 445 g/mol. The van der Waals surface area contributed by atoms with Crippen LogP contribution in [-0.4, -0.2) is 67.5 Å². The van der Waals surface area contributed by atoms with Gasteiger partial charge in [-0.1, -0.05) is 11.6 Å². The van der Waals surface area contributed by atoms with Gasteiger partial charge >= 0.3 is 0 Å². The second-order valence-corrected chi connectivity index (χ2v) is 10.3. The topological polar surface area (TPSA) is 104 Å². The van der Waals surface area contributed by atoms with Crippen LogP contribution >= 0.6 is 23.4 Å². The normalized spacial score (nSPS) is 23.5. The minimum Gasteiger partial charge on any atom is -0.613 e. The van der Waals surface area contributed by atoms with Gasteiger partial charge in [-0.25, -0.2) is 8.42 Å². The largest absolute Gasteiger partial charge is 0.613 e. The number of nitriles is 1. The van der Waals surface area contributed by atoms with Gasteiger partial charge < -0.3 is 5.21 Å². The van der Waals surface area contributed by atoms with Crippen LogP contribution in [-0.2, 0) is 10.0 Å². The van der Waals surface area contributed by atoms with Crippen LogP contribution < -0.4 is 10.6 Å². The molecule has 3 rings (SSSR count). The lowest BCUT2D eigenvalue weighted by Crippen LogP contribution is -3.18. The SMILES string of the molecule is N#CC1CSCN1CCN[NH+]([O-])C1CCN(S(=O)(=O)c2ccc(Cl)cc2)CC1. The minimum atomic E-state index is -3.56. The van der Waals surface area contributed by atoms with E-state index in [0.29, 0.717) is 44.0 Å². The van der Waals surface area contributed by atoms with E-state index in [1.807, 2.05) is 0 Å². The Labute approximate surface area is 175 Å². The summed E-state index contributed by atoms with van der Waals surface area (Å²) < 4.78 is 26.8. The summed E-state index contributed by atoms with van der Waals surface area (Å²) in [5.74, 6) is 1.63. The maximum absolute atomic E-state index is 12.7. The van der Waals surface area contributed by atoms with Crippen molar-refractivity contribution in [3.8, 4) is 6.07 Å². The van der Waals surface area contributed by atoms with E-state index in [-0.39, 0.29) is 22.2 Å². The first kappa shape index (κ1) is 21.8. The first-order valence-electron chi connectivity index (χ1n) is 9.16. The summed E-state index contributed by atoms with van der Waals surface area (Å²) in [6.45, 7) is 1.80. The van der Waals surface area contributed by atoms with E-state index >= 15 is 0 Å². The molecule has 2 atom stereocenters. The molecule has 0 spiro atoms. The van der Waals surface area contributed by atoms with Crippen molar-refractivity contribution < 1.29 is 13.6 Å². The van der Waals surface area contributed by atoms with Crippen LogP contribution in [0.15, 0.2) is 29.2 Å². The van der Waals surface area contributed by atoms with E-state index in [4.69, 9.17) is 16.9 Å². The highest BCUT2D eigenvalue weighted by molar-refractivity contribution is 7.99. The number of quaternary nitrogens is 1. The number of rotatable bonds is 7. The molecule has 154 valence electrons. The van der Waals surface area contributed by atoms with E-state index < -0.39 is 10.0 Å². The van der Waals surface area contributed by atoms with Crippen molar-refractivity contribution in [1.29, 1.82) is 5.26 Å². The van der Waals surface area contributed by atoms with Crippen molar-refractivity contribution in [2.24, 2.45) is 0 Å². The molecular weight excluding hydrogens is 422 g/mol. The molecule has 2 aliphatic heterocycles. The van der Waals surface area contributed by atoms with E-state index in [2.05, 4.69) is 16.4 Å². The predicted molar refractivity (Wildman–Crippen MR) is 109 cm³/mol. The standard InChI is InChI=1S/C17H24ClN5O3S2/c18-14-1-3-17(4-2-14)28(25,26)22-8-5-15(6-9-22)23(24)20-7-10-21-13-27-12-16(21)11-19/h1-4,15-16,20,23H,5-10,12-13H2. The molecule has 2 fully saturated rings. The number of hydroxylamine groups is 1. The number of benzene rings is 1. The van der Waals surface area contributed by atoms with Gasteiger partial charge in [-0.15, -0.1) is 11.8 Å². The van der Waals surface area contributed by atoms with Crippen molar-refractivity contribution in [3.05, 3.63) is 34.5 Å². The third-order valence-corrected chi connectivity index (χ3v) is 8.33. The molecule has 0 radical (unpaired) electrons. The summed E-state index contributed by atoms with van der Waals surface area (Å²) in [6.07, 6.45) is 0.998. The summed E-state index contributed by atoms with van der Waals surface area (Å²) in [4.78, 5) is 2.28. The van der Waals surface area contributed by atoms with E-state index in [1.165, 1.54) is 16.4 Å². The van der Waals surface area contributed by atoms with E-state index in [9.17, 15) is 13.6 Å². The number of sulfonamides is 1. The quantitative estimate of drug-likeness (QED) is 0.581. The Morgan fingerprint density at radius 1 is 1.32 bits per heavy atom. The van der Waals surface area contributed by atoms with Crippen LogP contribution in [0.25, 0.3) is 0 Å². The van der Waals surface area contributed by atoms with Gasteiger partial charge in [0.05, 0.1) is 17.5 Å². The maximum atomic E-state index is 12.7. The number of halogens is 1. The number of hydrogen-bond acceptors (Lipinski definition) is 7. The molecule has 2 N–H and O–H groups in total. The molecule has 28 heavy (non-hydrogen) atoms. The van der Waals surface area contributed by atoms with Crippen LogP contribution in [0.4, 0.5) is 0 Å². The molecule has 2 saturated heterocycles. The van der Waals surface area contributed by atoms with Crippen molar-refractivity contribution in [2.45, 2.75) is 29.8 Å². The summed E-state index contributed by atoms with van der Waals surface area (Å²) in [5, 5.41) is 21.9. The fourth-order valence-corrected chi connectivity index (χ4v) is 6.15. The fourth-order valence-electron chi connectivity index (χ4n) is 3.40. The molecule has 1 aromatic carbocycles. The summed E-state index contributed by atoms with van der Waals surface area (Å²) >= 11 is 7.55. The van der Waals surface area contributed by atoms with E-state index in [1.54, 1.807) is 23.9 Å². The number of nitrogens with one attached hydrogen (secondary N) is 2. The molecule has 0 amide bonds. The van der Waals surface area contributed by atoms with Crippen molar-refractivity contribution >= 4 is 33.4 Å². The molecule has 1 aromatic rings. The molecule has 8 nitrogen and oxygen atoms in total. The molecular formula is C17H24ClN5O3S2. The lowest BCUT2D eigenvalue weighted by atomic mass is 10.1. The summed E-state index contributed by atoms with van der Waals surface area (Å²) in [5.41, 5.74) is 2.93. The van der Waals surface area contributed by atoms with E-state index in [0.717, 1.165) is 11.6 Å². The fraction of sp³-hybridized carbons (Fsp3) is 0.588. The molecule has 2 aliphatic rings. The zero-order chi connectivity index (χ0) is 20.1. The average molecular weight is 446 g/mol. The van der Waals surface area contributed by atoms with Crippen molar-refractivity contribution in [2.75, 3.05) is 37.8 Å². The molecule has 11 heteroatoms. The third kappa shape index (κ3) is 5.17. The minimum absolute atomic E-state index is 0.0381. The first-order chi connectivity index (χ1) is 13.4. The Morgan fingerprint density at radius 2 is 2.00 bits per heavy atom. The third-order valence-electron chi connectivity index (χ3n) is 5.10. The summed E-state index contributed by atoms with van der Waals surface area (Å²) in [7, 11) is -3.56. The van der Waals surface area contributed by atoms with Crippen LogP contribution in [0.2, 0.25) is 5.02 Å². The zero-order valence-corrected chi connectivity index (χ0v) is 17.8. The van der Waals surface area contributed by atoms with Gasteiger partial charge in [-0.2, -0.15) is 15.0 Å². The second kappa shape index (κ2) is 9.73. The number of hydrogen-bond donors (Lipinski definition) is 2. The number of thioether (sulfide) groups is 1. The highest BCUT2D eigenvalue weighted by Gasteiger charge is 2.32. The van der Waals surface area contributed by atoms with Gasteiger partial charge in [0.15, 0.2) is 0 Å². The molecule has 0 bridgehead atoms. The maximum Gasteiger partial charge on any atom is 0.243 e. The van der Waals surface area contributed by atoms with Crippen molar-refractivity contribution in [1.82, 2.24) is 14.6 Å². The Hall–Kier alpha value is -0.900. The first-order valence-corrected chi connectivity index (χ1v) is 12.1. The Kier molecular flexibility index (Phi) is 7.58. The highest BCUT2D eigenvalue weighted by atomic mass is 35.5. The van der Waals surface area contributed by atoms with Crippen LogP contribution in [0.3, 0.4) is 0 Å². The number of nitrogens with zero attached hydrogens (tertiary/aromatic N) is 3. The molecule has 2 heterocycles. The Bertz CT molecular complexity index is 794. The van der Waals surface area contributed by atoms with Gasteiger partial charge in [0.25, 0.3) is 0 Å². The van der Waals surface area contributed by atoms with Crippen LogP contribution in [0.1, 0.15) is 12.8 Å². The predicted octanol–water partition coefficient (Wildman–Crippen LogP) is 0.279. The zero-order valence-electron chi connectivity index (χ0n) is 15.4. The van der Waals surface area contributed by atoms with Gasteiger partial charge in [-0.05, 0) is 24.3 Å². The number of piperidine rings is 1. The van der Waals surface area contributed by atoms with Gasteiger partial charge in [0, 0.05) is 49.1 Å². The molecule has 0 saturated carbocycles. The van der Waals surface area contributed by atoms with Crippen molar-refractivity contribution in [3.63, 3.8) is 0 Å². The van der Waals surface area contributed by atoms with Gasteiger partial charge in [-0.3, -0.25) is 10.1 Å². The van der Waals surface area contributed by atoms with Gasteiger partial charge in [0.2, 0.25) is 10.0 Å². The molecule has 0 aliphatic carbocycles. The highest BCUT2D eigenvalue weighted by Crippen LogP contribution is 2.22. The second-order valence-electron chi connectivity index (χ2n) is 6.88. The lowest BCUT2D eigenvalue weighted by molar-refractivity contribution is -0.922. The summed E-state index contributed by atoms with van der Waals surface area (Å²) in [6, 6.07) is 8.13. The Morgan fingerprint density at radius 3 is 2.64 bits per heavy atom. The lowest BCUT2D eigenvalue weighted by Gasteiger charge is -2.37. The average Bonchev–Trinajstić information content (AvgIpc) is 3.16. The molecule has 0 aromatic heterocycles.